The maximum Gasteiger partial charge on any atom is 0.223 e. The van der Waals surface area contributed by atoms with Gasteiger partial charge < -0.3 is 15.4 Å². The number of halogens is 1. The summed E-state index contributed by atoms with van der Waals surface area (Å²) in [5.41, 5.74) is 7.23. The Hall–Kier alpha value is -1.26. The van der Waals surface area contributed by atoms with E-state index in [1.165, 1.54) is 12.0 Å². The lowest BCUT2D eigenvalue weighted by Crippen LogP contribution is -2.51. The van der Waals surface area contributed by atoms with Crippen molar-refractivity contribution in [2.24, 2.45) is 5.73 Å². The monoisotopic (exact) mass is 354 g/mol. The van der Waals surface area contributed by atoms with Crippen LogP contribution in [0.15, 0.2) is 24.3 Å². The minimum atomic E-state index is 0. The second-order valence-electron chi connectivity index (χ2n) is 6.50. The quantitative estimate of drug-likeness (QED) is 0.814. The summed E-state index contributed by atoms with van der Waals surface area (Å²) in [6.45, 7) is 5.70. The van der Waals surface area contributed by atoms with Crippen LogP contribution in [-0.4, -0.2) is 36.0 Å². The van der Waals surface area contributed by atoms with Gasteiger partial charge in [-0.25, -0.2) is 0 Å². The molecule has 2 N–H and O–H groups in total. The van der Waals surface area contributed by atoms with E-state index in [0.717, 1.165) is 44.6 Å². The van der Waals surface area contributed by atoms with Crippen molar-refractivity contribution >= 4 is 18.3 Å². The first-order chi connectivity index (χ1) is 11.1. The van der Waals surface area contributed by atoms with E-state index in [1.807, 2.05) is 24.0 Å². The molecule has 1 amide bonds. The van der Waals surface area contributed by atoms with Crippen LogP contribution in [0, 0.1) is 0 Å². The van der Waals surface area contributed by atoms with Gasteiger partial charge in [0.2, 0.25) is 5.91 Å². The van der Waals surface area contributed by atoms with Gasteiger partial charge in [0, 0.05) is 25.0 Å². The standard InChI is InChI=1S/C19H30N2O2.ClH/c1-3-14-23-17-10-7-16(8-11-17)9-12-19(22)21-13-5-4-6-18(21)15(2)20;/h7-8,10-11,15,18H,3-6,9,12-14,20H2,1-2H3;1H. The van der Waals surface area contributed by atoms with Crippen molar-refractivity contribution in [3.63, 3.8) is 0 Å². The number of carbonyl (C=O) groups excluding carboxylic acids is 1. The van der Waals surface area contributed by atoms with E-state index >= 15 is 0 Å². The molecular formula is C19H31ClN2O2. The first kappa shape index (κ1) is 20.8. The first-order valence-electron chi connectivity index (χ1n) is 8.88. The van der Waals surface area contributed by atoms with Gasteiger partial charge in [-0.2, -0.15) is 0 Å². The van der Waals surface area contributed by atoms with E-state index in [9.17, 15) is 4.79 Å². The summed E-state index contributed by atoms with van der Waals surface area (Å²) >= 11 is 0. The molecule has 136 valence electrons. The van der Waals surface area contributed by atoms with Crippen molar-refractivity contribution in [1.82, 2.24) is 4.90 Å². The van der Waals surface area contributed by atoms with E-state index < -0.39 is 0 Å². The Morgan fingerprint density at radius 1 is 1.33 bits per heavy atom. The molecule has 2 rings (SSSR count). The predicted octanol–water partition coefficient (Wildman–Crippen LogP) is 3.56. The Morgan fingerprint density at radius 3 is 2.67 bits per heavy atom. The fourth-order valence-corrected chi connectivity index (χ4v) is 3.18. The van der Waals surface area contributed by atoms with Gasteiger partial charge in [0.1, 0.15) is 5.75 Å². The van der Waals surface area contributed by atoms with E-state index in [2.05, 4.69) is 19.1 Å². The minimum absolute atomic E-state index is 0. The Balaban J connectivity index is 0.00000288. The number of hydrogen-bond donors (Lipinski definition) is 1. The van der Waals surface area contributed by atoms with Crippen LogP contribution in [0.3, 0.4) is 0 Å². The number of likely N-dealkylation sites (tertiary alicyclic amines) is 1. The van der Waals surface area contributed by atoms with Crippen molar-refractivity contribution in [3.8, 4) is 5.75 Å². The number of benzene rings is 1. The second kappa shape index (κ2) is 10.6. The smallest absolute Gasteiger partial charge is 0.223 e. The first-order valence-corrected chi connectivity index (χ1v) is 8.88. The number of nitrogens with zero attached hydrogens (tertiary/aromatic N) is 1. The molecule has 1 aliphatic heterocycles. The molecular weight excluding hydrogens is 324 g/mol. The van der Waals surface area contributed by atoms with Gasteiger partial charge in [0.25, 0.3) is 0 Å². The molecule has 0 radical (unpaired) electrons. The molecule has 5 heteroatoms. The van der Waals surface area contributed by atoms with Crippen LogP contribution in [0.2, 0.25) is 0 Å². The Morgan fingerprint density at radius 2 is 2.04 bits per heavy atom. The Bertz CT molecular complexity index is 491. The van der Waals surface area contributed by atoms with Gasteiger partial charge in [-0.05, 0) is 56.7 Å². The third-order valence-corrected chi connectivity index (χ3v) is 4.50. The predicted molar refractivity (Wildman–Crippen MR) is 101 cm³/mol. The van der Waals surface area contributed by atoms with Crippen molar-refractivity contribution < 1.29 is 9.53 Å². The van der Waals surface area contributed by atoms with Gasteiger partial charge in [-0.15, -0.1) is 12.4 Å². The van der Waals surface area contributed by atoms with Gasteiger partial charge >= 0.3 is 0 Å². The number of aryl methyl sites for hydroxylation is 1. The highest BCUT2D eigenvalue weighted by molar-refractivity contribution is 5.85. The molecule has 1 saturated heterocycles. The summed E-state index contributed by atoms with van der Waals surface area (Å²) in [6, 6.07) is 8.34. The second-order valence-corrected chi connectivity index (χ2v) is 6.50. The van der Waals surface area contributed by atoms with Crippen LogP contribution < -0.4 is 10.5 Å². The molecule has 1 heterocycles. The largest absolute Gasteiger partial charge is 0.494 e. The number of ether oxygens (including phenoxy) is 1. The summed E-state index contributed by atoms with van der Waals surface area (Å²) in [5, 5.41) is 0. The normalized spacial score (nSPS) is 18.6. The number of piperidine rings is 1. The lowest BCUT2D eigenvalue weighted by atomic mass is 9.96. The minimum Gasteiger partial charge on any atom is -0.494 e. The van der Waals surface area contributed by atoms with Crippen LogP contribution in [0.4, 0.5) is 0 Å². The van der Waals surface area contributed by atoms with Crippen LogP contribution >= 0.6 is 12.4 Å². The Labute approximate surface area is 152 Å². The molecule has 24 heavy (non-hydrogen) atoms. The van der Waals surface area contributed by atoms with Crippen LogP contribution in [0.1, 0.15) is 51.5 Å². The highest BCUT2D eigenvalue weighted by Gasteiger charge is 2.28. The van der Waals surface area contributed by atoms with Gasteiger partial charge in [-0.1, -0.05) is 19.1 Å². The maximum atomic E-state index is 12.5. The van der Waals surface area contributed by atoms with Gasteiger partial charge in [0.05, 0.1) is 6.61 Å². The number of amides is 1. The zero-order chi connectivity index (χ0) is 16.7. The molecule has 2 unspecified atom stereocenters. The van der Waals surface area contributed by atoms with Crippen LogP contribution in [-0.2, 0) is 11.2 Å². The van der Waals surface area contributed by atoms with Crippen molar-refractivity contribution in [2.75, 3.05) is 13.2 Å². The fourth-order valence-electron chi connectivity index (χ4n) is 3.18. The molecule has 4 nitrogen and oxygen atoms in total. The molecule has 1 fully saturated rings. The molecule has 1 aliphatic rings. The highest BCUT2D eigenvalue weighted by atomic mass is 35.5. The highest BCUT2D eigenvalue weighted by Crippen LogP contribution is 2.21. The van der Waals surface area contributed by atoms with E-state index in [-0.39, 0.29) is 30.4 Å². The van der Waals surface area contributed by atoms with Gasteiger partial charge in [-0.3, -0.25) is 4.79 Å². The molecule has 0 aromatic heterocycles. The molecule has 2 atom stereocenters. The number of rotatable bonds is 7. The average molecular weight is 355 g/mol. The topological polar surface area (TPSA) is 55.6 Å². The molecule has 0 bridgehead atoms. The lowest BCUT2D eigenvalue weighted by Gasteiger charge is -2.38. The third kappa shape index (κ3) is 5.99. The molecule has 1 aromatic carbocycles. The summed E-state index contributed by atoms with van der Waals surface area (Å²) in [5.74, 6) is 1.13. The summed E-state index contributed by atoms with van der Waals surface area (Å²) in [6.07, 6.45) is 5.64. The lowest BCUT2D eigenvalue weighted by molar-refractivity contribution is -0.135. The molecule has 1 aromatic rings. The number of nitrogens with two attached hydrogens (primary N) is 1. The summed E-state index contributed by atoms with van der Waals surface area (Å²) in [4.78, 5) is 14.5. The molecule has 0 saturated carbocycles. The Kier molecular flexibility index (Phi) is 9.16. The van der Waals surface area contributed by atoms with E-state index in [0.29, 0.717) is 6.42 Å². The molecule has 0 spiro atoms. The van der Waals surface area contributed by atoms with Crippen molar-refractivity contribution in [2.45, 2.75) is 64.5 Å². The van der Waals surface area contributed by atoms with E-state index in [1.54, 1.807) is 0 Å². The van der Waals surface area contributed by atoms with E-state index in [4.69, 9.17) is 10.5 Å². The fraction of sp³-hybridized carbons (Fsp3) is 0.632. The summed E-state index contributed by atoms with van der Waals surface area (Å²) in [7, 11) is 0. The van der Waals surface area contributed by atoms with Crippen molar-refractivity contribution in [3.05, 3.63) is 29.8 Å². The maximum absolute atomic E-state index is 12.5. The number of hydrogen-bond acceptors (Lipinski definition) is 3. The number of carbonyl (C=O) groups is 1. The summed E-state index contributed by atoms with van der Waals surface area (Å²) < 4.78 is 5.58. The third-order valence-electron chi connectivity index (χ3n) is 4.50. The average Bonchev–Trinajstić information content (AvgIpc) is 2.58. The van der Waals surface area contributed by atoms with Gasteiger partial charge in [0.15, 0.2) is 0 Å². The van der Waals surface area contributed by atoms with Crippen LogP contribution in [0.25, 0.3) is 0 Å². The SMILES string of the molecule is CCCOc1ccc(CCC(=O)N2CCCCC2C(C)N)cc1.Cl. The zero-order valence-electron chi connectivity index (χ0n) is 14.9. The van der Waals surface area contributed by atoms with Crippen molar-refractivity contribution in [1.29, 1.82) is 0 Å². The van der Waals surface area contributed by atoms with Crippen LogP contribution in [0.5, 0.6) is 5.75 Å². The molecule has 0 aliphatic carbocycles. The zero-order valence-corrected chi connectivity index (χ0v) is 15.7.